The molecular formula is C24H23N3O3. The number of rotatable bonds is 7. The molecule has 0 radical (unpaired) electrons. The fourth-order valence-corrected chi connectivity index (χ4v) is 2.80. The van der Waals surface area contributed by atoms with Gasteiger partial charge in [-0.15, -0.1) is 0 Å². The normalized spacial score (nSPS) is 10.2. The molecule has 152 valence electrons. The van der Waals surface area contributed by atoms with Crippen LogP contribution in [-0.4, -0.2) is 24.3 Å². The van der Waals surface area contributed by atoms with E-state index < -0.39 is 0 Å². The van der Waals surface area contributed by atoms with E-state index in [2.05, 4.69) is 16.0 Å². The molecule has 0 fully saturated rings. The largest absolute Gasteiger partial charge is 0.350 e. The summed E-state index contributed by atoms with van der Waals surface area (Å²) >= 11 is 0. The Morgan fingerprint density at radius 1 is 0.733 bits per heavy atom. The standard InChI is InChI=1S/C24H23N3O3/c1-17-12-13-20(14-21(17)27-24(30)19-10-6-3-7-11-19)23(29)26-16-22(28)25-15-18-8-4-2-5-9-18/h2-14H,15-16H2,1H3,(H,25,28)(H,26,29)(H,27,30). The summed E-state index contributed by atoms with van der Waals surface area (Å²) in [4.78, 5) is 36.8. The number of hydrogen-bond donors (Lipinski definition) is 3. The lowest BCUT2D eigenvalue weighted by Crippen LogP contribution is -2.36. The van der Waals surface area contributed by atoms with Gasteiger partial charge in [-0.25, -0.2) is 0 Å². The van der Waals surface area contributed by atoms with Crippen LogP contribution in [0, 0.1) is 6.92 Å². The van der Waals surface area contributed by atoms with Gasteiger partial charge in [0.1, 0.15) is 0 Å². The molecule has 3 N–H and O–H groups in total. The molecule has 0 heterocycles. The van der Waals surface area contributed by atoms with Gasteiger partial charge >= 0.3 is 0 Å². The Morgan fingerprint density at radius 3 is 2.10 bits per heavy atom. The molecule has 0 saturated heterocycles. The molecular weight excluding hydrogens is 378 g/mol. The number of benzene rings is 3. The van der Waals surface area contributed by atoms with Gasteiger partial charge in [-0.05, 0) is 42.3 Å². The van der Waals surface area contributed by atoms with Crippen molar-refractivity contribution in [1.29, 1.82) is 0 Å². The third-order valence-corrected chi connectivity index (χ3v) is 4.53. The monoisotopic (exact) mass is 401 g/mol. The number of amides is 3. The van der Waals surface area contributed by atoms with Crippen molar-refractivity contribution < 1.29 is 14.4 Å². The highest BCUT2D eigenvalue weighted by Gasteiger charge is 2.12. The summed E-state index contributed by atoms with van der Waals surface area (Å²) in [5.74, 6) is -0.923. The van der Waals surface area contributed by atoms with Gasteiger partial charge in [-0.1, -0.05) is 54.6 Å². The molecule has 3 rings (SSSR count). The molecule has 0 bridgehead atoms. The number of carbonyl (C=O) groups excluding carboxylic acids is 3. The van der Waals surface area contributed by atoms with Crippen LogP contribution in [0.4, 0.5) is 5.69 Å². The lowest BCUT2D eigenvalue weighted by atomic mass is 10.1. The number of carbonyl (C=O) groups is 3. The third kappa shape index (κ3) is 5.78. The van der Waals surface area contributed by atoms with E-state index in [1.54, 1.807) is 42.5 Å². The van der Waals surface area contributed by atoms with E-state index in [0.717, 1.165) is 11.1 Å². The van der Waals surface area contributed by atoms with E-state index in [1.165, 1.54) is 0 Å². The van der Waals surface area contributed by atoms with Crippen molar-refractivity contribution in [1.82, 2.24) is 10.6 Å². The van der Waals surface area contributed by atoms with Gasteiger partial charge < -0.3 is 16.0 Å². The fourth-order valence-electron chi connectivity index (χ4n) is 2.80. The minimum absolute atomic E-state index is 0.134. The van der Waals surface area contributed by atoms with E-state index in [9.17, 15) is 14.4 Å². The predicted octanol–water partition coefficient (Wildman–Crippen LogP) is 3.29. The molecule has 6 heteroatoms. The Morgan fingerprint density at radius 2 is 1.40 bits per heavy atom. The first-order chi connectivity index (χ1) is 14.5. The van der Waals surface area contributed by atoms with E-state index in [1.807, 2.05) is 43.3 Å². The van der Waals surface area contributed by atoms with Gasteiger partial charge in [0, 0.05) is 23.4 Å². The summed E-state index contributed by atoms with van der Waals surface area (Å²) in [5, 5.41) is 8.19. The summed E-state index contributed by atoms with van der Waals surface area (Å²) in [5.41, 5.74) is 3.25. The van der Waals surface area contributed by atoms with E-state index in [0.29, 0.717) is 23.4 Å². The predicted molar refractivity (Wildman–Crippen MR) is 116 cm³/mol. The Hall–Kier alpha value is -3.93. The van der Waals surface area contributed by atoms with E-state index >= 15 is 0 Å². The maximum absolute atomic E-state index is 12.4. The zero-order valence-corrected chi connectivity index (χ0v) is 16.6. The average molecular weight is 401 g/mol. The number of anilines is 1. The van der Waals surface area contributed by atoms with E-state index in [4.69, 9.17) is 0 Å². The molecule has 0 aliphatic rings. The van der Waals surface area contributed by atoms with E-state index in [-0.39, 0.29) is 24.3 Å². The van der Waals surface area contributed by atoms with Gasteiger partial charge in [-0.2, -0.15) is 0 Å². The zero-order valence-electron chi connectivity index (χ0n) is 16.6. The van der Waals surface area contributed by atoms with Crippen LogP contribution < -0.4 is 16.0 Å². The Kier molecular flexibility index (Phi) is 6.95. The highest BCUT2D eigenvalue weighted by atomic mass is 16.2. The Balaban J connectivity index is 1.56. The van der Waals surface area contributed by atoms with Gasteiger partial charge in [-0.3, -0.25) is 14.4 Å². The maximum atomic E-state index is 12.4. The smallest absolute Gasteiger partial charge is 0.255 e. The molecule has 3 aromatic carbocycles. The van der Waals surface area contributed by atoms with Crippen molar-refractivity contribution >= 4 is 23.4 Å². The first kappa shape index (κ1) is 20.8. The van der Waals surface area contributed by atoms with Crippen LogP contribution in [0.25, 0.3) is 0 Å². The second-order valence-electron chi connectivity index (χ2n) is 6.79. The van der Waals surface area contributed by atoms with Gasteiger partial charge in [0.25, 0.3) is 11.8 Å². The minimum Gasteiger partial charge on any atom is -0.350 e. The van der Waals surface area contributed by atoms with Crippen LogP contribution in [-0.2, 0) is 11.3 Å². The van der Waals surface area contributed by atoms with Crippen LogP contribution in [0.1, 0.15) is 31.8 Å². The lowest BCUT2D eigenvalue weighted by Gasteiger charge is -2.11. The molecule has 0 aliphatic carbocycles. The molecule has 0 atom stereocenters. The molecule has 0 aromatic heterocycles. The fraction of sp³-hybridized carbons (Fsp3) is 0.125. The van der Waals surface area contributed by atoms with Crippen molar-refractivity contribution in [3.8, 4) is 0 Å². The van der Waals surface area contributed by atoms with Crippen molar-refractivity contribution in [3.63, 3.8) is 0 Å². The lowest BCUT2D eigenvalue weighted by molar-refractivity contribution is -0.120. The quantitative estimate of drug-likeness (QED) is 0.568. The van der Waals surface area contributed by atoms with Crippen molar-refractivity contribution in [2.45, 2.75) is 13.5 Å². The first-order valence-electron chi connectivity index (χ1n) is 9.59. The Bertz CT molecular complexity index is 1030. The molecule has 0 saturated carbocycles. The number of aryl methyl sites for hydroxylation is 1. The number of nitrogens with one attached hydrogen (secondary N) is 3. The molecule has 30 heavy (non-hydrogen) atoms. The molecule has 3 amide bonds. The Labute approximate surface area is 175 Å². The molecule has 6 nitrogen and oxygen atoms in total. The summed E-state index contributed by atoms with van der Waals surface area (Å²) in [6.07, 6.45) is 0. The van der Waals surface area contributed by atoms with Gasteiger partial charge in [0.05, 0.1) is 6.54 Å². The number of hydrogen-bond acceptors (Lipinski definition) is 3. The van der Waals surface area contributed by atoms with Crippen LogP contribution in [0.3, 0.4) is 0 Å². The zero-order chi connectivity index (χ0) is 21.3. The van der Waals surface area contributed by atoms with Crippen molar-refractivity contribution in [2.75, 3.05) is 11.9 Å². The summed E-state index contributed by atoms with van der Waals surface area (Å²) in [6.45, 7) is 2.11. The SMILES string of the molecule is Cc1ccc(C(=O)NCC(=O)NCc2ccccc2)cc1NC(=O)c1ccccc1. The first-order valence-corrected chi connectivity index (χ1v) is 9.59. The van der Waals surface area contributed by atoms with Crippen molar-refractivity contribution in [2.24, 2.45) is 0 Å². The topological polar surface area (TPSA) is 87.3 Å². The maximum Gasteiger partial charge on any atom is 0.255 e. The highest BCUT2D eigenvalue weighted by Crippen LogP contribution is 2.18. The summed E-state index contributed by atoms with van der Waals surface area (Å²) in [6, 6.07) is 23.4. The average Bonchev–Trinajstić information content (AvgIpc) is 2.78. The highest BCUT2D eigenvalue weighted by molar-refractivity contribution is 6.05. The van der Waals surface area contributed by atoms with Gasteiger partial charge in [0.2, 0.25) is 5.91 Å². The second-order valence-corrected chi connectivity index (χ2v) is 6.79. The molecule has 3 aromatic rings. The molecule has 0 aliphatic heterocycles. The van der Waals surface area contributed by atoms with Crippen LogP contribution in [0.5, 0.6) is 0 Å². The van der Waals surface area contributed by atoms with Crippen LogP contribution in [0.2, 0.25) is 0 Å². The summed E-state index contributed by atoms with van der Waals surface area (Å²) < 4.78 is 0. The minimum atomic E-state index is -0.389. The molecule has 0 spiro atoms. The summed E-state index contributed by atoms with van der Waals surface area (Å²) in [7, 11) is 0. The van der Waals surface area contributed by atoms with Crippen LogP contribution in [0.15, 0.2) is 78.9 Å². The van der Waals surface area contributed by atoms with Crippen LogP contribution >= 0.6 is 0 Å². The van der Waals surface area contributed by atoms with Gasteiger partial charge in [0.15, 0.2) is 0 Å². The second kappa shape index (κ2) is 10.0. The molecule has 0 unspecified atom stereocenters. The third-order valence-electron chi connectivity index (χ3n) is 4.53. The van der Waals surface area contributed by atoms with Crippen molar-refractivity contribution in [3.05, 3.63) is 101 Å².